The molecule has 0 bridgehead atoms. The lowest BCUT2D eigenvalue weighted by atomic mass is 10.2. The molecule has 26 heavy (non-hydrogen) atoms. The first-order valence-electron chi connectivity index (χ1n) is 8.25. The first-order valence-corrected chi connectivity index (χ1v) is 8.63. The van der Waals surface area contributed by atoms with Crippen LogP contribution in [0.2, 0.25) is 5.02 Å². The predicted molar refractivity (Wildman–Crippen MR) is 100 cm³/mol. The van der Waals surface area contributed by atoms with Crippen molar-refractivity contribution in [2.24, 2.45) is 0 Å². The van der Waals surface area contributed by atoms with Crippen LogP contribution < -0.4 is 19.5 Å². The lowest BCUT2D eigenvalue weighted by Crippen LogP contribution is -2.37. The van der Waals surface area contributed by atoms with Gasteiger partial charge in [0.15, 0.2) is 17.6 Å². The van der Waals surface area contributed by atoms with Crippen LogP contribution in [0, 0.1) is 6.92 Å². The van der Waals surface area contributed by atoms with E-state index in [1.54, 1.807) is 26.4 Å². The van der Waals surface area contributed by atoms with Crippen molar-refractivity contribution in [1.29, 1.82) is 0 Å². The van der Waals surface area contributed by atoms with Gasteiger partial charge in [-0.1, -0.05) is 24.6 Å². The van der Waals surface area contributed by atoms with Crippen LogP contribution in [0.1, 0.15) is 24.5 Å². The van der Waals surface area contributed by atoms with Crippen molar-refractivity contribution >= 4 is 17.5 Å². The summed E-state index contributed by atoms with van der Waals surface area (Å²) >= 11 is 5.90. The summed E-state index contributed by atoms with van der Waals surface area (Å²) in [5.74, 6) is 1.45. The van der Waals surface area contributed by atoms with E-state index in [-0.39, 0.29) is 5.91 Å². The first kappa shape index (κ1) is 19.8. The molecular weight excluding hydrogens is 356 g/mol. The maximum atomic E-state index is 12.5. The van der Waals surface area contributed by atoms with Crippen molar-refractivity contribution in [3.8, 4) is 17.4 Å². The van der Waals surface area contributed by atoms with Crippen molar-refractivity contribution in [2.45, 2.75) is 32.9 Å². The van der Waals surface area contributed by atoms with E-state index in [0.717, 1.165) is 11.1 Å². The number of halogens is 1. The molecule has 0 fully saturated rings. The molecule has 6 nitrogen and oxygen atoms in total. The number of aryl methyl sites for hydroxylation is 1. The van der Waals surface area contributed by atoms with Gasteiger partial charge in [-0.25, -0.2) is 4.98 Å². The van der Waals surface area contributed by atoms with E-state index in [2.05, 4.69) is 10.3 Å². The molecule has 0 saturated heterocycles. The average molecular weight is 379 g/mol. The van der Waals surface area contributed by atoms with Gasteiger partial charge in [0, 0.05) is 18.3 Å². The minimum absolute atomic E-state index is 0.210. The van der Waals surface area contributed by atoms with E-state index >= 15 is 0 Å². The molecule has 2 rings (SSSR count). The molecule has 0 aliphatic carbocycles. The maximum Gasteiger partial charge on any atom is 0.261 e. The third-order valence-corrected chi connectivity index (χ3v) is 4.04. The van der Waals surface area contributed by atoms with Crippen molar-refractivity contribution in [1.82, 2.24) is 10.3 Å². The SMILES string of the molecule is CCC(Oc1ncc(Cl)cc1C)C(=O)NCc1ccc(OC)c(OC)c1. The van der Waals surface area contributed by atoms with Gasteiger partial charge in [-0.05, 0) is 37.1 Å². The molecule has 1 heterocycles. The standard InChI is InChI=1S/C19H23ClN2O4/c1-5-15(26-19-12(2)8-14(20)11-22-19)18(23)21-10-13-6-7-16(24-3)17(9-13)25-4/h6-9,11,15H,5,10H2,1-4H3,(H,21,23). The number of carbonyl (C=O) groups is 1. The Kier molecular flexibility index (Phi) is 7.09. The number of aromatic nitrogens is 1. The number of nitrogens with one attached hydrogen (secondary N) is 1. The maximum absolute atomic E-state index is 12.5. The Bertz CT molecular complexity index is 767. The number of rotatable bonds is 8. The van der Waals surface area contributed by atoms with E-state index in [4.69, 9.17) is 25.8 Å². The van der Waals surface area contributed by atoms with E-state index < -0.39 is 6.10 Å². The van der Waals surface area contributed by atoms with Gasteiger partial charge in [0.05, 0.1) is 19.2 Å². The number of pyridine rings is 1. The lowest BCUT2D eigenvalue weighted by Gasteiger charge is -2.18. The van der Waals surface area contributed by atoms with Gasteiger partial charge in [-0.15, -0.1) is 0 Å². The predicted octanol–water partition coefficient (Wildman–Crippen LogP) is 3.53. The van der Waals surface area contributed by atoms with Crippen molar-refractivity contribution in [3.63, 3.8) is 0 Å². The molecule has 0 saturated carbocycles. The van der Waals surface area contributed by atoms with Crippen molar-refractivity contribution < 1.29 is 19.0 Å². The van der Waals surface area contributed by atoms with Crippen LogP contribution in [-0.4, -0.2) is 31.2 Å². The topological polar surface area (TPSA) is 69.7 Å². The molecule has 1 aromatic heterocycles. The summed E-state index contributed by atoms with van der Waals surface area (Å²) in [5.41, 5.74) is 1.68. The normalized spacial score (nSPS) is 11.6. The monoisotopic (exact) mass is 378 g/mol. The number of nitrogens with zero attached hydrogens (tertiary/aromatic N) is 1. The number of amides is 1. The summed E-state index contributed by atoms with van der Waals surface area (Å²) in [6.45, 7) is 4.07. The van der Waals surface area contributed by atoms with Crippen LogP contribution in [-0.2, 0) is 11.3 Å². The highest BCUT2D eigenvalue weighted by atomic mass is 35.5. The van der Waals surface area contributed by atoms with Crippen LogP contribution in [0.3, 0.4) is 0 Å². The average Bonchev–Trinajstić information content (AvgIpc) is 2.65. The van der Waals surface area contributed by atoms with Crippen LogP contribution in [0.5, 0.6) is 17.4 Å². The van der Waals surface area contributed by atoms with Crippen molar-refractivity contribution in [2.75, 3.05) is 14.2 Å². The van der Waals surface area contributed by atoms with E-state index in [9.17, 15) is 4.79 Å². The summed E-state index contributed by atoms with van der Waals surface area (Å²) in [5, 5.41) is 3.40. The van der Waals surface area contributed by atoms with Crippen LogP contribution in [0.15, 0.2) is 30.5 Å². The fourth-order valence-corrected chi connectivity index (χ4v) is 2.61. The van der Waals surface area contributed by atoms with Gasteiger partial charge in [0.2, 0.25) is 5.88 Å². The molecule has 140 valence electrons. The summed E-state index contributed by atoms with van der Waals surface area (Å²) in [7, 11) is 3.15. The summed E-state index contributed by atoms with van der Waals surface area (Å²) in [6, 6.07) is 7.24. The molecule has 1 unspecified atom stereocenters. The Labute approximate surface area is 158 Å². The quantitative estimate of drug-likeness (QED) is 0.760. The van der Waals surface area contributed by atoms with Gasteiger partial charge in [0.1, 0.15) is 0 Å². The van der Waals surface area contributed by atoms with E-state index in [0.29, 0.717) is 35.4 Å². The fourth-order valence-electron chi connectivity index (χ4n) is 2.40. The second kappa shape index (κ2) is 9.29. The number of hydrogen-bond donors (Lipinski definition) is 1. The highest BCUT2D eigenvalue weighted by Gasteiger charge is 2.20. The molecule has 1 N–H and O–H groups in total. The van der Waals surface area contributed by atoms with Crippen LogP contribution >= 0.6 is 11.6 Å². The Morgan fingerprint density at radius 2 is 1.96 bits per heavy atom. The van der Waals surface area contributed by atoms with Gasteiger partial charge in [-0.3, -0.25) is 4.79 Å². The minimum atomic E-state index is -0.637. The molecule has 7 heteroatoms. The Hall–Kier alpha value is -2.47. The lowest BCUT2D eigenvalue weighted by molar-refractivity contribution is -0.128. The summed E-state index contributed by atoms with van der Waals surface area (Å²) in [6.07, 6.45) is 1.38. The van der Waals surface area contributed by atoms with E-state index in [1.807, 2.05) is 26.0 Å². The Morgan fingerprint density at radius 3 is 2.58 bits per heavy atom. The molecule has 0 aliphatic heterocycles. The Morgan fingerprint density at radius 1 is 1.23 bits per heavy atom. The van der Waals surface area contributed by atoms with Crippen molar-refractivity contribution in [3.05, 3.63) is 46.6 Å². The Balaban J connectivity index is 2.00. The molecule has 0 aliphatic rings. The second-order valence-electron chi connectivity index (χ2n) is 5.70. The third-order valence-electron chi connectivity index (χ3n) is 3.83. The first-order chi connectivity index (χ1) is 12.5. The highest BCUT2D eigenvalue weighted by molar-refractivity contribution is 6.30. The minimum Gasteiger partial charge on any atom is -0.493 e. The van der Waals surface area contributed by atoms with Gasteiger partial charge in [-0.2, -0.15) is 0 Å². The van der Waals surface area contributed by atoms with Gasteiger partial charge in [0.25, 0.3) is 5.91 Å². The number of ether oxygens (including phenoxy) is 3. The van der Waals surface area contributed by atoms with Crippen LogP contribution in [0.4, 0.5) is 0 Å². The highest BCUT2D eigenvalue weighted by Crippen LogP contribution is 2.27. The zero-order valence-corrected chi connectivity index (χ0v) is 16.1. The largest absolute Gasteiger partial charge is 0.493 e. The summed E-state index contributed by atoms with van der Waals surface area (Å²) in [4.78, 5) is 16.6. The number of benzene rings is 1. The molecule has 1 atom stereocenters. The number of methoxy groups -OCH3 is 2. The second-order valence-corrected chi connectivity index (χ2v) is 6.13. The molecule has 0 spiro atoms. The van der Waals surface area contributed by atoms with Crippen LogP contribution in [0.25, 0.3) is 0 Å². The zero-order valence-electron chi connectivity index (χ0n) is 15.3. The molecular formula is C19H23ClN2O4. The molecule has 1 aromatic carbocycles. The third kappa shape index (κ3) is 5.02. The fraction of sp³-hybridized carbons (Fsp3) is 0.368. The molecule has 1 amide bonds. The van der Waals surface area contributed by atoms with Gasteiger partial charge < -0.3 is 19.5 Å². The van der Waals surface area contributed by atoms with E-state index in [1.165, 1.54) is 6.20 Å². The number of carbonyl (C=O) groups excluding carboxylic acids is 1. The molecule has 2 aromatic rings. The summed E-state index contributed by atoms with van der Waals surface area (Å²) < 4.78 is 16.2. The zero-order chi connectivity index (χ0) is 19.1. The number of hydrogen-bond acceptors (Lipinski definition) is 5. The smallest absolute Gasteiger partial charge is 0.261 e. The molecule has 0 radical (unpaired) electrons. The van der Waals surface area contributed by atoms with Gasteiger partial charge >= 0.3 is 0 Å².